The SMILES string of the molecule is CCCCCCCC/C=C/CC/C=C/CC/C=C/C(O)C(COC1OC(CO)C(O)C(O)C1O)NC(=O)CCCCC. The number of ether oxygens (including phenoxy) is 2. The van der Waals surface area contributed by atoms with E-state index in [2.05, 4.69) is 36.5 Å². The molecule has 1 aliphatic rings. The van der Waals surface area contributed by atoms with Crippen LogP contribution in [0.4, 0.5) is 0 Å². The maximum atomic E-state index is 12.5. The molecule has 0 bridgehead atoms. The standard InChI is InChI=1S/C33H59NO8/c1-3-5-7-8-9-10-11-12-13-14-15-16-17-18-19-21-22-27(36)26(34-29(37)23-20-6-4-2)25-41-33-32(40)31(39)30(38)28(24-35)42-33/h12-13,16-17,21-22,26-28,30-33,35-36,38-40H,3-11,14-15,18-20,23-25H2,1-2H3,(H,34,37)/b13-12+,17-16+,22-21+. The van der Waals surface area contributed by atoms with E-state index in [0.29, 0.717) is 6.42 Å². The number of nitrogens with one attached hydrogen (secondary N) is 1. The summed E-state index contributed by atoms with van der Waals surface area (Å²) < 4.78 is 11.0. The molecule has 1 amide bonds. The van der Waals surface area contributed by atoms with Crippen LogP contribution in [0, 0.1) is 0 Å². The molecule has 1 fully saturated rings. The molecule has 0 radical (unpaired) electrons. The second-order valence-electron chi connectivity index (χ2n) is 11.2. The minimum absolute atomic E-state index is 0.208. The summed E-state index contributed by atoms with van der Waals surface area (Å²) in [5, 5.41) is 53.2. The van der Waals surface area contributed by atoms with Crippen LogP contribution in [0.2, 0.25) is 0 Å². The first-order valence-electron chi connectivity index (χ1n) is 16.2. The fraction of sp³-hybridized carbons (Fsp3) is 0.788. The number of hydrogen-bond donors (Lipinski definition) is 6. The summed E-state index contributed by atoms with van der Waals surface area (Å²) in [6.07, 6.45) is 19.9. The molecule has 9 heteroatoms. The predicted octanol–water partition coefficient (Wildman–Crippen LogP) is 4.21. The molecule has 9 nitrogen and oxygen atoms in total. The molecule has 7 atom stereocenters. The van der Waals surface area contributed by atoms with Gasteiger partial charge in [0, 0.05) is 6.42 Å². The maximum Gasteiger partial charge on any atom is 0.220 e. The van der Waals surface area contributed by atoms with Crippen molar-refractivity contribution in [2.45, 2.75) is 153 Å². The molecule has 1 aliphatic heterocycles. The van der Waals surface area contributed by atoms with Gasteiger partial charge in [0.2, 0.25) is 5.91 Å². The molecule has 0 spiro atoms. The first-order chi connectivity index (χ1) is 20.3. The predicted molar refractivity (Wildman–Crippen MR) is 166 cm³/mol. The number of unbranched alkanes of at least 4 members (excludes halogenated alkanes) is 10. The van der Waals surface area contributed by atoms with Gasteiger partial charge >= 0.3 is 0 Å². The summed E-state index contributed by atoms with van der Waals surface area (Å²) >= 11 is 0. The molecule has 1 heterocycles. The number of aliphatic hydroxyl groups is 5. The normalized spacial score (nSPS) is 24.6. The number of rotatable bonds is 24. The number of hydrogen-bond acceptors (Lipinski definition) is 8. The Hall–Kier alpha value is -1.59. The maximum absolute atomic E-state index is 12.5. The molecule has 7 unspecified atom stereocenters. The highest BCUT2D eigenvalue weighted by molar-refractivity contribution is 5.76. The topological polar surface area (TPSA) is 149 Å². The van der Waals surface area contributed by atoms with Gasteiger partial charge in [-0.25, -0.2) is 0 Å². The molecule has 42 heavy (non-hydrogen) atoms. The highest BCUT2D eigenvalue weighted by Gasteiger charge is 2.44. The van der Waals surface area contributed by atoms with Gasteiger partial charge in [-0.05, 0) is 44.9 Å². The van der Waals surface area contributed by atoms with Crippen LogP contribution in [0.3, 0.4) is 0 Å². The smallest absolute Gasteiger partial charge is 0.220 e. The van der Waals surface area contributed by atoms with Crippen LogP contribution in [0.15, 0.2) is 36.5 Å². The second kappa shape index (κ2) is 24.8. The van der Waals surface area contributed by atoms with Crippen LogP contribution >= 0.6 is 0 Å². The number of aliphatic hydroxyl groups excluding tert-OH is 5. The number of carbonyl (C=O) groups excluding carboxylic acids is 1. The molecule has 0 aromatic heterocycles. The van der Waals surface area contributed by atoms with Crippen LogP contribution in [0.25, 0.3) is 0 Å². The Bertz CT molecular complexity index is 756. The molecule has 1 rings (SSSR count). The van der Waals surface area contributed by atoms with E-state index < -0.39 is 49.5 Å². The Labute approximate surface area is 253 Å². The van der Waals surface area contributed by atoms with E-state index in [1.165, 1.54) is 38.5 Å². The third-order valence-corrected chi connectivity index (χ3v) is 7.45. The first-order valence-corrected chi connectivity index (χ1v) is 16.2. The number of allylic oxidation sites excluding steroid dienone is 5. The zero-order chi connectivity index (χ0) is 31.0. The summed E-state index contributed by atoms with van der Waals surface area (Å²) in [7, 11) is 0. The third-order valence-electron chi connectivity index (χ3n) is 7.45. The second-order valence-corrected chi connectivity index (χ2v) is 11.2. The first kappa shape index (κ1) is 38.4. The average Bonchev–Trinajstić information content (AvgIpc) is 2.98. The van der Waals surface area contributed by atoms with Crippen molar-refractivity contribution >= 4 is 5.91 Å². The quantitative estimate of drug-likeness (QED) is 0.0716. The van der Waals surface area contributed by atoms with Crippen molar-refractivity contribution in [2.75, 3.05) is 13.2 Å². The molecule has 0 aromatic carbocycles. The summed E-state index contributed by atoms with van der Waals surface area (Å²) in [5.41, 5.74) is 0. The minimum Gasteiger partial charge on any atom is -0.394 e. The number of carbonyl (C=O) groups is 1. The molecule has 244 valence electrons. The van der Waals surface area contributed by atoms with Gasteiger partial charge < -0.3 is 40.3 Å². The van der Waals surface area contributed by atoms with Crippen molar-refractivity contribution in [1.82, 2.24) is 5.32 Å². The molecule has 0 aliphatic carbocycles. The van der Waals surface area contributed by atoms with Gasteiger partial charge in [0.15, 0.2) is 6.29 Å². The van der Waals surface area contributed by atoms with Gasteiger partial charge in [-0.15, -0.1) is 0 Å². The Morgan fingerprint density at radius 3 is 2.00 bits per heavy atom. The highest BCUT2D eigenvalue weighted by Crippen LogP contribution is 2.22. The van der Waals surface area contributed by atoms with Crippen molar-refractivity contribution < 1.29 is 39.8 Å². The van der Waals surface area contributed by atoms with Crippen LogP contribution in [0.1, 0.15) is 110 Å². The van der Waals surface area contributed by atoms with Crippen LogP contribution in [-0.2, 0) is 14.3 Å². The van der Waals surface area contributed by atoms with Gasteiger partial charge in [-0.1, -0.05) is 95.2 Å². The third kappa shape index (κ3) is 16.9. The van der Waals surface area contributed by atoms with Gasteiger partial charge in [0.1, 0.15) is 24.4 Å². The molecule has 1 saturated heterocycles. The lowest BCUT2D eigenvalue weighted by Crippen LogP contribution is -2.60. The van der Waals surface area contributed by atoms with Crippen LogP contribution in [-0.4, -0.2) is 87.5 Å². The lowest BCUT2D eigenvalue weighted by atomic mass is 9.99. The average molecular weight is 598 g/mol. The van der Waals surface area contributed by atoms with E-state index >= 15 is 0 Å². The van der Waals surface area contributed by atoms with Crippen LogP contribution in [0.5, 0.6) is 0 Å². The van der Waals surface area contributed by atoms with E-state index in [-0.39, 0.29) is 12.5 Å². The summed E-state index contributed by atoms with van der Waals surface area (Å²) in [6.45, 7) is 3.51. The zero-order valence-corrected chi connectivity index (χ0v) is 26.0. The summed E-state index contributed by atoms with van der Waals surface area (Å²) in [5.74, 6) is -0.220. The van der Waals surface area contributed by atoms with Crippen molar-refractivity contribution in [3.63, 3.8) is 0 Å². The Kier molecular flexibility index (Phi) is 22.7. The summed E-state index contributed by atoms with van der Waals surface area (Å²) in [6, 6.07) is -0.818. The molecule has 0 saturated carbocycles. The van der Waals surface area contributed by atoms with Crippen molar-refractivity contribution in [3.05, 3.63) is 36.5 Å². The fourth-order valence-electron chi connectivity index (χ4n) is 4.71. The van der Waals surface area contributed by atoms with Gasteiger partial charge in [0.05, 0.1) is 25.4 Å². The molecular weight excluding hydrogens is 538 g/mol. The van der Waals surface area contributed by atoms with E-state index in [4.69, 9.17) is 9.47 Å². The van der Waals surface area contributed by atoms with E-state index in [1.54, 1.807) is 6.08 Å². The van der Waals surface area contributed by atoms with E-state index in [0.717, 1.165) is 51.4 Å². The van der Waals surface area contributed by atoms with E-state index in [9.17, 15) is 30.3 Å². The highest BCUT2D eigenvalue weighted by atomic mass is 16.7. The lowest BCUT2D eigenvalue weighted by Gasteiger charge is -2.40. The van der Waals surface area contributed by atoms with Crippen molar-refractivity contribution in [2.24, 2.45) is 0 Å². The zero-order valence-electron chi connectivity index (χ0n) is 26.0. The largest absolute Gasteiger partial charge is 0.394 e. The fourth-order valence-corrected chi connectivity index (χ4v) is 4.71. The monoisotopic (exact) mass is 597 g/mol. The molecule has 6 N–H and O–H groups in total. The minimum atomic E-state index is -1.57. The number of amides is 1. The Morgan fingerprint density at radius 2 is 1.36 bits per heavy atom. The van der Waals surface area contributed by atoms with Gasteiger partial charge in [0.25, 0.3) is 0 Å². The van der Waals surface area contributed by atoms with Gasteiger partial charge in [-0.2, -0.15) is 0 Å². The lowest BCUT2D eigenvalue weighted by molar-refractivity contribution is -0.302. The van der Waals surface area contributed by atoms with Crippen molar-refractivity contribution in [1.29, 1.82) is 0 Å². The Balaban J connectivity index is 2.46. The Morgan fingerprint density at radius 1 is 0.786 bits per heavy atom. The van der Waals surface area contributed by atoms with Crippen molar-refractivity contribution in [3.8, 4) is 0 Å². The van der Waals surface area contributed by atoms with Gasteiger partial charge in [-0.3, -0.25) is 4.79 Å². The molecule has 0 aromatic rings. The molecular formula is C33H59NO8. The summed E-state index contributed by atoms with van der Waals surface area (Å²) in [4.78, 5) is 12.5. The van der Waals surface area contributed by atoms with Crippen LogP contribution < -0.4 is 5.32 Å². The van der Waals surface area contributed by atoms with E-state index in [1.807, 2.05) is 13.0 Å².